The van der Waals surface area contributed by atoms with Crippen molar-refractivity contribution >= 4 is 0 Å². The lowest BCUT2D eigenvalue weighted by molar-refractivity contribution is 0.0310. The van der Waals surface area contributed by atoms with E-state index in [1.54, 1.807) is 0 Å². The lowest BCUT2D eigenvalue weighted by Gasteiger charge is -2.29. The van der Waals surface area contributed by atoms with E-state index in [1.165, 1.54) is 0 Å². The van der Waals surface area contributed by atoms with Crippen molar-refractivity contribution in [2.75, 3.05) is 20.1 Å². The van der Waals surface area contributed by atoms with Crippen molar-refractivity contribution in [2.24, 2.45) is 5.41 Å². The van der Waals surface area contributed by atoms with Gasteiger partial charge in [-0.1, -0.05) is 0 Å². The van der Waals surface area contributed by atoms with Crippen LogP contribution in [0.3, 0.4) is 0 Å². The fourth-order valence-corrected chi connectivity index (χ4v) is 2.19. The molecular formula is C8H13F2N. The SMILES string of the molecule is CN1CCCC2(C1)CC2(F)F. The summed E-state index contributed by atoms with van der Waals surface area (Å²) in [6.45, 7) is 1.58. The molecule has 2 rings (SSSR count). The van der Waals surface area contributed by atoms with Gasteiger partial charge in [-0.2, -0.15) is 0 Å². The van der Waals surface area contributed by atoms with Crippen molar-refractivity contribution in [3.8, 4) is 0 Å². The van der Waals surface area contributed by atoms with E-state index in [2.05, 4.69) is 0 Å². The minimum Gasteiger partial charge on any atom is -0.306 e. The van der Waals surface area contributed by atoms with Crippen LogP contribution in [0, 0.1) is 5.41 Å². The van der Waals surface area contributed by atoms with Gasteiger partial charge in [0.15, 0.2) is 0 Å². The van der Waals surface area contributed by atoms with Gasteiger partial charge < -0.3 is 4.90 Å². The number of alkyl halides is 2. The molecule has 1 nitrogen and oxygen atoms in total. The van der Waals surface area contributed by atoms with Gasteiger partial charge in [-0.25, -0.2) is 8.78 Å². The number of rotatable bonds is 0. The number of hydrogen-bond donors (Lipinski definition) is 0. The number of nitrogens with zero attached hydrogens (tertiary/aromatic N) is 1. The molecule has 0 N–H and O–H groups in total. The molecule has 0 aromatic rings. The van der Waals surface area contributed by atoms with E-state index in [1.807, 2.05) is 11.9 Å². The van der Waals surface area contributed by atoms with Crippen LogP contribution in [0.2, 0.25) is 0 Å². The van der Waals surface area contributed by atoms with E-state index >= 15 is 0 Å². The Bertz CT molecular complexity index is 181. The van der Waals surface area contributed by atoms with E-state index in [9.17, 15) is 8.78 Å². The molecule has 1 saturated carbocycles. The summed E-state index contributed by atoms with van der Waals surface area (Å²) in [6.07, 6.45) is 1.79. The molecule has 0 amide bonds. The molecule has 0 bridgehead atoms. The first-order valence-electron chi connectivity index (χ1n) is 4.12. The standard InChI is InChI=1S/C8H13F2N/c1-11-4-2-3-7(6-11)5-8(7,9)10/h2-6H2,1H3. The lowest BCUT2D eigenvalue weighted by atomic mass is 9.95. The maximum Gasteiger partial charge on any atom is 0.255 e. The van der Waals surface area contributed by atoms with Gasteiger partial charge in [0.1, 0.15) is 0 Å². The summed E-state index contributed by atoms with van der Waals surface area (Å²) >= 11 is 0. The highest BCUT2D eigenvalue weighted by molar-refractivity contribution is 5.12. The van der Waals surface area contributed by atoms with Crippen LogP contribution in [0.15, 0.2) is 0 Å². The van der Waals surface area contributed by atoms with Crippen molar-refractivity contribution in [3.05, 3.63) is 0 Å². The quantitative estimate of drug-likeness (QED) is 0.523. The molecule has 1 atom stereocenters. The third kappa shape index (κ3) is 0.975. The first kappa shape index (κ1) is 7.47. The van der Waals surface area contributed by atoms with Crippen LogP contribution in [-0.2, 0) is 0 Å². The fraction of sp³-hybridized carbons (Fsp3) is 1.00. The van der Waals surface area contributed by atoms with Crippen LogP contribution in [0.4, 0.5) is 8.78 Å². The first-order chi connectivity index (χ1) is 5.06. The van der Waals surface area contributed by atoms with Gasteiger partial charge in [-0.15, -0.1) is 0 Å². The topological polar surface area (TPSA) is 3.24 Å². The van der Waals surface area contributed by atoms with E-state index < -0.39 is 11.3 Å². The summed E-state index contributed by atoms with van der Waals surface area (Å²) in [5.41, 5.74) is -0.611. The molecule has 1 unspecified atom stereocenters. The van der Waals surface area contributed by atoms with Gasteiger partial charge in [-0.3, -0.25) is 0 Å². The molecular weight excluding hydrogens is 148 g/mol. The zero-order chi connectivity index (χ0) is 8.11. The van der Waals surface area contributed by atoms with Crippen molar-refractivity contribution in [3.63, 3.8) is 0 Å². The lowest BCUT2D eigenvalue weighted by Crippen LogP contribution is -2.36. The number of piperidine rings is 1. The largest absolute Gasteiger partial charge is 0.306 e. The van der Waals surface area contributed by atoms with Crippen molar-refractivity contribution < 1.29 is 8.78 Å². The highest BCUT2D eigenvalue weighted by Gasteiger charge is 2.70. The zero-order valence-electron chi connectivity index (χ0n) is 6.74. The second-order valence-corrected chi connectivity index (χ2v) is 4.00. The minimum atomic E-state index is -2.35. The van der Waals surface area contributed by atoms with Gasteiger partial charge in [-0.05, 0) is 26.4 Å². The molecule has 1 heterocycles. The Hall–Kier alpha value is -0.180. The molecule has 1 aliphatic heterocycles. The van der Waals surface area contributed by atoms with E-state index in [4.69, 9.17) is 0 Å². The smallest absolute Gasteiger partial charge is 0.255 e. The Balaban J connectivity index is 2.06. The predicted molar refractivity (Wildman–Crippen MR) is 38.7 cm³/mol. The average molecular weight is 161 g/mol. The number of halogens is 2. The van der Waals surface area contributed by atoms with Gasteiger partial charge in [0.2, 0.25) is 0 Å². The zero-order valence-corrected chi connectivity index (χ0v) is 6.74. The average Bonchev–Trinajstić information content (AvgIpc) is 2.32. The van der Waals surface area contributed by atoms with Gasteiger partial charge >= 0.3 is 0 Å². The molecule has 2 aliphatic rings. The Morgan fingerprint density at radius 2 is 2.00 bits per heavy atom. The third-order valence-electron chi connectivity index (χ3n) is 2.98. The highest BCUT2D eigenvalue weighted by atomic mass is 19.3. The van der Waals surface area contributed by atoms with Crippen LogP contribution in [0.1, 0.15) is 19.3 Å². The molecule has 11 heavy (non-hydrogen) atoms. The second-order valence-electron chi connectivity index (χ2n) is 4.00. The van der Waals surface area contributed by atoms with Crippen LogP contribution < -0.4 is 0 Å². The first-order valence-corrected chi connectivity index (χ1v) is 4.12. The molecule has 2 fully saturated rings. The Labute approximate surface area is 65.4 Å². The molecule has 64 valence electrons. The predicted octanol–water partition coefficient (Wildman–Crippen LogP) is 1.74. The van der Waals surface area contributed by atoms with E-state index in [0.29, 0.717) is 6.54 Å². The van der Waals surface area contributed by atoms with Gasteiger partial charge in [0, 0.05) is 13.0 Å². The molecule has 1 saturated heterocycles. The van der Waals surface area contributed by atoms with Crippen LogP contribution >= 0.6 is 0 Å². The molecule has 0 radical (unpaired) electrons. The van der Waals surface area contributed by atoms with Crippen LogP contribution in [-0.4, -0.2) is 31.0 Å². The van der Waals surface area contributed by atoms with Gasteiger partial charge in [0.25, 0.3) is 5.92 Å². The molecule has 1 aliphatic carbocycles. The van der Waals surface area contributed by atoms with Crippen molar-refractivity contribution in [1.82, 2.24) is 4.90 Å². The Kier molecular flexibility index (Phi) is 1.32. The normalized spacial score (nSPS) is 42.8. The van der Waals surface area contributed by atoms with Gasteiger partial charge in [0.05, 0.1) is 5.41 Å². The highest BCUT2D eigenvalue weighted by Crippen LogP contribution is 2.64. The monoisotopic (exact) mass is 161 g/mol. The van der Waals surface area contributed by atoms with Crippen LogP contribution in [0.5, 0.6) is 0 Å². The summed E-state index contributed by atoms with van der Waals surface area (Å²) in [7, 11) is 1.93. The van der Waals surface area contributed by atoms with E-state index in [0.717, 1.165) is 19.4 Å². The van der Waals surface area contributed by atoms with E-state index in [-0.39, 0.29) is 6.42 Å². The summed E-state index contributed by atoms with van der Waals surface area (Å²) in [5.74, 6) is -2.35. The maximum absolute atomic E-state index is 12.8. The van der Waals surface area contributed by atoms with Crippen molar-refractivity contribution in [1.29, 1.82) is 0 Å². The summed E-state index contributed by atoms with van der Waals surface area (Å²) in [4.78, 5) is 2.02. The Morgan fingerprint density at radius 3 is 2.36 bits per heavy atom. The van der Waals surface area contributed by atoms with Crippen molar-refractivity contribution in [2.45, 2.75) is 25.2 Å². The Morgan fingerprint density at radius 1 is 1.36 bits per heavy atom. The van der Waals surface area contributed by atoms with Crippen LogP contribution in [0.25, 0.3) is 0 Å². The summed E-state index contributed by atoms with van der Waals surface area (Å²) < 4.78 is 25.6. The number of likely N-dealkylation sites (tertiary alicyclic amines) is 1. The fourth-order valence-electron chi connectivity index (χ4n) is 2.19. The summed E-state index contributed by atoms with van der Waals surface area (Å²) in [6, 6.07) is 0. The summed E-state index contributed by atoms with van der Waals surface area (Å²) in [5, 5.41) is 0. The third-order valence-corrected chi connectivity index (χ3v) is 2.98. The maximum atomic E-state index is 12.8. The molecule has 0 aromatic carbocycles. The second kappa shape index (κ2) is 1.94. The minimum absolute atomic E-state index is 0.129. The molecule has 3 heteroatoms. The number of hydrogen-bond acceptors (Lipinski definition) is 1. The molecule has 0 aromatic heterocycles. The molecule has 1 spiro atoms.